The van der Waals surface area contributed by atoms with E-state index in [1.54, 1.807) is 14.2 Å². The molecule has 2 unspecified atom stereocenters. The number of piperidine rings is 1. The number of carbonyl (C=O) groups is 1. The number of benzene rings is 3. The fourth-order valence-corrected chi connectivity index (χ4v) is 7.62. The predicted molar refractivity (Wildman–Crippen MR) is 176 cm³/mol. The molecule has 6 rings (SSSR count). The summed E-state index contributed by atoms with van der Waals surface area (Å²) in [5.74, 6) is 2.05. The van der Waals surface area contributed by atoms with Gasteiger partial charge in [-0.15, -0.1) is 0 Å². The van der Waals surface area contributed by atoms with Crippen molar-refractivity contribution in [2.24, 2.45) is 5.92 Å². The molecule has 2 fully saturated rings. The van der Waals surface area contributed by atoms with Crippen LogP contribution in [-0.4, -0.2) is 81.0 Å². The molecule has 0 aromatic heterocycles. The van der Waals surface area contributed by atoms with E-state index >= 15 is 0 Å². The lowest BCUT2D eigenvalue weighted by atomic mass is 9.86. The van der Waals surface area contributed by atoms with Crippen molar-refractivity contribution in [2.45, 2.75) is 51.4 Å². The molecule has 0 bridgehead atoms. The molecule has 2 atom stereocenters. The highest BCUT2D eigenvalue weighted by atomic mass is 16.5. The molecule has 3 heterocycles. The van der Waals surface area contributed by atoms with Crippen LogP contribution in [0.3, 0.4) is 0 Å². The third-order valence-electron chi connectivity index (χ3n) is 10.2. The Labute approximate surface area is 263 Å². The van der Waals surface area contributed by atoms with E-state index in [0.29, 0.717) is 5.92 Å². The van der Waals surface area contributed by atoms with Crippen LogP contribution in [0.1, 0.15) is 60.5 Å². The molecular formula is C37H48N4O3. The van der Waals surface area contributed by atoms with Crippen LogP contribution >= 0.6 is 0 Å². The first-order valence-corrected chi connectivity index (χ1v) is 16.4. The Hall–Kier alpha value is -3.39. The van der Waals surface area contributed by atoms with Crippen molar-refractivity contribution in [3.63, 3.8) is 0 Å². The van der Waals surface area contributed by atoms with Crippen LogP contribution in [0.2, 0.25) is 0 Å². The first-order chi connectivity index (χ1) is 21.6. The number of anilines is 1. The van der Waals surface area contributed by atoms with Gasteiger partial charge in [0.05, 0.1) is 20.3 Å². The van der Waals surface area contributed by atoms with Gasteiger partial charge in [-0.25, -0.2) is 0 Å². The van der Waals surface area contributed by atoms with Crippen LogP contribution in [-0.2, 0) is 17.9 Å². The Morgan fingerprint density at radius 2 is 1.59 bits per heavy atom. The molecule has 0 radical (unpaired) electrons. The van der Waals surface area contributed by atoms with E-state index in [9.17, 15) is 4.79 Å². The lowest BCUT2D eigenvalue weighted by Gasteiger charge is -2.38. The maximum Gasteiger partial charge on any atom is 0.161 e. The van der Waals surface area contributed by atoms with Gasteiger partial charge in [0, 0.05) is 51.0 Å². The Morgan fingerprint density at radius 1 is 0.841 bits per heavy atom. The molecule has 7 heteroatoms. The monoisotopic (exact) mass is 596 g/mol. The molecule has 3 aromatic carbocycles. The molecule has 3 aliphatic heterocycles. The number of aldehydes is 1. The number of nitrogens with zero attached hydrogens (tertiary/aromatic N) is 4. The number of carbonyl (C=O) groups excluding carboxylic acids is 1. The predicted octanol–water partition coefficient (Wildman–Crippen LogP) is 5.94. The molecule has 7 nitrogen and oxygen atoms in total. The molecule has 44 heavy (non-hydrogen) atoms. The summed E-state index contributed by atoms with van der Waals surface area (Å²) >= 11 is 0. The van der Waals surface area contributed by atoms with E-state index in [1.807, 2.05) is 6.07 Å². The number of hydrogen-bond acceptors (Lipinski definition) is 7. The van der Waals surface area contributed by atoms with E-state index in [2.05, 4.69) is 87.2 Å². The number of fused-ring (bicyclic) bond motifs is 1. The van der Waals surface area contributed by atoms with Crippen LogP contribution in [0.5, 0.6) is 11.5 Å². The number of likely N-dealkylation sites (tertiary alicyclic amines) is 1. The van der Waals surface area contributed by atoms with Gasteiger partial charge in [0.1, 0.15) is 6.29 Å². The highest BCUT2D eigenvalue weighted by Gasteiger charge is 2.39. The normalized spacial score (nSPS) is 20.8. The zero-order chi connectivity index (χ0) is 30.5. The van der Waals surface area contributed by atoms with Crippen molar-refractivity contribution in [1.82, 2.24) is 14.7 Å². The van der Waals surface area contributed by atoms with Gasteiger partial charge in [-0.2, -0.15) is 0 Å². The number of methoxy groups -OCH3 is 2. The number of rotatable bonds is 11. The number of hydrogen-bond donors (Lipinski definition) is 0. The average molecular weight is 597 g/mol. The molecule has 0 spiro atoms. The second kappa shape index (κ2) is 14.1. The van der Waals surface area contributed by atoms with Gasteiger partial charge >= 0.3 is 0 Å². The Kier molecular flexibility index (Phi) is 9.85. The van der Waals surface area contributed by atoms with Crippen molar-refractivity contribution in [1.29, 1.82) is 0 Å². The molecule has 0 N–H and O–H groups in total. The smallest absolute Gasteiger partial charge is 0.161 e. The van der Waals surface area contributed by atoms with Gasteiger partial charge in [-0.05, 0) is 85.3 Å². The summed E-state index contributed by atoms with van der Waals surface area (Å²) < 4.78 is 11.3. The van der Waals surface area contributed by atoms with Crippen molar-refractivity contribution in [3.05, 3.63) is 89.0 Å². The van der Waals surface area contributed by atoms with Gasteiger partial charge in [0.25, 0.3) is 0 Å². The summed E-state index contributed by atoms with van der Waals surface area (Å²) in [6.45, 7) is 11.5. The lowest BCUT2D eigenvalue weighted by molar-refractivity contribution is -0.113. The van der Waals surface area contributed by atoms with Crippen molar-refractivity contribution in [2.75, 3.05) is 64.9 Å². The van der Waals surface area contributed by atoms with E-state index in [0.717, 1.165) is 89.7 Å². The quantitative estimate of drug-likeness (QED) is 0.254. The number of likely N-dealkylation sites (N-methyl/N-ethyl adjacent to an activating group) is 1. The van der Waals surface area contributed by atoms with Crippen LogP contribution in [0, 0.1) is 5.92 Å². The summed E-state index contributed by atoms with van der Waals surface area (Å²) in [4.78, 5) is 23.0. The Balaban J connectivity index is 1.25. The van der Waals surface area contributed by atoms with Crippen LogP contribution in [0.15, 0.2) is 66.7 Å². The van der Waals surface area contributed by atoms with Crippen molar-refractivity contribution in [3.8, 4) is 11.5 Å². The minimum Gasteiger partial charge on any atom is -0.493 e. The molecule has 0 saturated carbocycles. The first kappa shape index (κ1) is 30.6. The molecule has 0 amide bonds. The second-order valence-corrected chi connectivity index (χ2v) is 12.6. The standard InChI is InChI=1S/C37H48N4O3/c1-4-38-19-21-40(22-20-38)33-12-8-11-31-32(33)26-41(35(31)27-42)34(30-13-14-36(43-2)37(24-30)44-3)23-28-15-17-39(18-16-28)25-29-9-6-5-7-10-29/h5-14,24,27-28,34-35H,4,15-23,25-26H2,1-3H3. The molecule has 2 saturated heterocycles. The van der Waals surface area contributed by atoms with Crippen molar-refractivity contribution >= 4 is 12.0 Å². The highest BCUT2D eigenvalue weighted by molar-refractivity contribution is 5.70. The van der Waals surface area contributed by atoms with Crippen LogP contribution in [0.4, 0.5) is 5.69 Å². The van der Waals surface area contributed by atoms with Crippen molar-refractivity contribution < 1.29 is 14.3 Å². The van der Waals surface area contributed by atoms with Gasteiger partial charge in [-0.3, -0.25) is 9.80 Å². The molecule has 0 aliphatic carbocycles. The third kappa shape index (κ3) is 6.51. The SMILES string of the molecule is CCN1CCN(c2cccc3c2CN(C(CC2CCN(Cc4ccccc4)CC2)c2ccc(OC)c(OC)c2)C3C=O)CC1. The molecular weight excluding hydrogens is 548 g/mol. The summed E-state index contributed by atoms with van der Waals surface area (Å²) in [6, 6.07) is 23.5. The molecule has 234 valence electrons. The van der Waals surface area contributed by atoms with Gasteiger partial charge < -0.3 is 24.1 Å². The number of piperazine rings is 1. The van der Waals surface area contributed by atoms with E-state index < -0.39 is 0 Å². The second-order valence-electron chi connectivity index (χ2n) is 12.6. The van der Waals surface area contributed by atoms with E-state index in [-0.39, 0.29) is 12.1 Å². The summed E-state index contributed by atoms with van der Waals surface area (Å²) in [5.41, 5.74) is 6.35. The van der Waals surface area contributed by atoms with E-state index in [1.165, 1.54) is 34.2 Å². The first-order valence-electron chi connectivity index (χ1n) is 16.4. The van der Waals surface area contributed by atoms with E-state index in [4.69, 9.17) is 9.47 Å². The van der Waals surface area contributed by atoms with Gasteiger partial charge in [0.2, 0.25) is 0 Å². The summed E-state index contributed by atoms with van der Waals surface area (Å²) in [5, 5.41) is 0. The zero-order valence-electron chi connectivity index (χ0n) is 26.7. The van der Waals surface area contributed by atoms with Crippen LogP contribution in [0.25, 0.3) is 0 Å². The minimum absolute atomic E-state index is 0.0906. The zero-order valence-corrected chi connectivity index (χ0v) is 26.7. The lowest BCUT2D eigenvalue weighted by Crippen LogP contribution is -2.46. The van der Waals surface area contributed by atoms with Gasteiger partial charge in [0.15, 0.2) is 11.5 Å². The summed E-state index contributed by atoms with van der Waals surface area (Å²) in [6.07, 6.45) is 4.50. The maximum absolute atomic E-state index is 12.9. The third-order valence-corrected chi connectivity index (χ3v) is 10.2. The highest BCUT2D eigenvalue weighted by Crippen LogP contribution is 2.46. The topological polar surface area (TPSA) is 48.5 Å². The largest absolute Gasteiger partial charge is 0.493 e. The molecule has 3 aromatic rings. The van der Waals surface area contributed by atoms with Crippen LogP contribution < -0.4 is 14.4 Å². The Morgan fingerprint density at radius 3 is 2.27 bits per heavy atom. The summed E-state index contributed by atoms with van der Waals surface area (Å²) in [7, 11) is 3.38. The Bertz CT molecular complexity index is 1380. The molecule has 3 aliphatic rings. The average Bonchev–Trinajstić information content (AvgIpc) is 3.46. The number of ether oxygens (including phenoxy) is 2. The fourth-order valence-electron chi connectivity index (χ4n) is 7.62. The minimum atomic E-state index is -0.266. The maximum atomic E-state index is 12.9. The fraction of sp³-hybridized carbons (Fsp3) is 0.486. The van der Waals surface area contributed by atoms with Gasteiger partial charge in [-0.1, -0.05) is 55.5 Å².